The minimum absolute atomic E-state index is 0.148. The molecule has 11 heterocycles. The van der Waals surface area contributed by atoms with Crippen molar-refractivity contribution < 1.29 is 22.0 Å². The Morgan fingerprint density at radius 3 is 1.88 bits per heavy atom. The van der Waals surface area contributed by atoms with Gasteiger partial charge in [-0.05, 0) is 181 Å². The van der Waals surface area contributed by atoms with Crippen molar-refractivity contribution >= 4 is 60.4 Å². The third-order valence-electron chi connectivity index (χ3n) is 17.6. The Balaban J connectivity index is 0.000000124. The summed E-state index contributed by atoms with van der Waals surface area (Å²) in [5.74, 6) is -0.820. The summed E-state index contributed by atoms with van der Waals surface area (Å²) in [6.45, 7) is 13.1. The maximum absolute atomic E-state index is 15.2. The van der Waals surface area contributed by atoms with E-state index in [1.165, 1.54) is 16.9 Å². The van der Waals surface area contributed by atoms with Crippen LogP contribution < -0.4 is 10.6 Å². The van der Waals surface area contributed by atoms with E-state index in [0.29, 0.717) is 78.8 Å². The summed E-state index contributed by atoms with van der Waals surface area (Å²) >= 11 is 0. The predicted octanol–water partition coefficient (Wildman–Crippen LogP) is 12.2. The van der Waals surface area contributed by atoms with Crippen molar-refractivity contribution in [2.45, 2.75) is 103 Å². The number of aromatic nitrogens is 15. The number of likely N-dealkylation sites (tertiary alicyclic amines) is 1. The van der Waals surface area contributed by atoms with Gasteiger partial charge in [0.25, 0.3) is 0 Å². The number of pyridine rings is 1. The number of benzene rings is 4. The number of nitrogens with one attached hydrogen (secondary N) is 2. The van der Waals surface area contributed by atoms with Crippen LogP contribution in [0.15, 0.2) is 104 Å². The smallest absolute Gasteiger partial charge is 0.156 e. The molecule has 3 aliphatic rings. The van der Waals surface area contributed by atoms with E-state index in [1.54, 1.807) is 40.5 Å². The largest absolute Gasteiger partial charge is 0.391 e. The van der Waals surface area contributed by atoms with Gasteiger partial charge in [0, 0.05) is 89.9 Å². The van der Waals surface area contributed by atoms with Gasteiger partial charge in [-0.2, -0.15) is 45.6 Å². The van der Waals surface area contributed by atoms with E-state index < -0.39 is 5.82 Å². The number of piperidine rings is 2. The number of allylic oxidation sites excluding steroid dienone is 1. The molecule has 0 amide bonds. The lowest BCUT2D eigenvalue weighted by molar-refractivity contribution is 0.0827. The molecule has 90 heavy (non-hydrogen) atoms. The van der Waals surface area contributed by atoms with Crippen molar-refractivity contribution in [3.8, 4) is 33.8 Å². The van der Waals surface area contributed by atoms with Crippen molar-refractivity contribution in [1.82, 2.24) is 90.5 Å². The highest BCUT2D eigenvalue weighted by Crippen LogP contribution is 2.37. The summed E-state index contributed by atoms with van der Waals surface area (Å²) in [7, 11) is 3.51. The molecule has 8 aromatic heterocycles. The number of aryl methyl sites for hydroxylation is 5. The Morgan fingerprint density at radius 1 is 0.556 bits per heavy atom. The molecule has 2 saturated heterocycles. The van der Waals surface area contributed by atoms with Gasteiger partial charge in [0.1, 0.15) is 46.2 Å². The molecule has 0 radical (unpaired) electrons. The monoisotopic (exact) mass is 1220 g/mol. The number of rotatable bonds is 9. The van der Waals surface area contributed by atoms with Crippen LogP contribution in [0.5, 0.6) is 0 Å². The first-order chi connectivity index (χ1) is 43.5. The Bertz CT molecular complexity index is 4720. The topological polar surface area (TPSA) is 196 Å². The normalized spacial score (nSPS) is 18.1. The first-order valence-electron chi connectivity index (χ1n) is 30.6. The van der Waals surface area contributed by atoms with Crippen molar-refractivity contribution in [3.63, 3.8) is 0 Å². The number of alkyl halides is 1. The minimum atomic E-state index is -0.504. The molecule has 15 rings (SSSR count). The van der Waals surface area contributed by atoms with Crippen LogP contribution >= 0.6 is 0 Å². The number of hydrogen-bond acceptors (Lipinski definition) is 15. The van der Waals surface area contributed by atoms with Crippen LogP contribution in [0.4, 0.5) is 22.0 Å². The summed E-state index contributed by atoms with van der Waals surface area (Å²) < 4.78 is 75.9. The van der Waals surface area contributed by atoms with Gasteiger partial charge >= 0.3 is 0 Å². The number of nitrogens with zero attached hydrogens (tertiary/aromatic N) is 16. The van der Waals surface area contributed by atoms with Gasteiger partial charge in [-0.15, -0.1) is 10.2 Å². The lowest BCUT2D eigenvalue weighted by Crippen LogP contribution is -2.47. The second-order valence-electron chi connectivity index (χ2n) is 23.9. The number of fused-ring (bicyclic) bond motifs is 6. The van der Waals surface area contributed by atoms with Crippen molar-refractivity contribution in [2.24, 2.45) is 14.1 Å². The van der Waals surface area contributed by atoms with Gasteiger partial charge < -0.3 is 10.6 Å². The third kappa shape index (κ3) is 12.0. The Morgan fingerprint density at radius 2 is 1.19 bits per heavy atom. The molecular formula is C67H67F5N18. The summed E-state index contributed by atoms with van der Waals surface area (Å²) in [5, 5.41) is 51.1. The molecule has 2 N–H and O–H groups in total. The molecule has 0 spiro atoms. The quantitative estimate of drug-likeness (QED) is 0.129. The fraction of sp³-hybridized carbons (Fsp3) is 0.343. The van der Waals surface area contributed by atoms with Gasteiger partial charge in [-0.3, -0.25) is 9.58 Å². The summed E-state index contributed by atoms with van der Waals surface area (Å²) in [6.07, 6.45) is 13.1. The van der Waals surface area contributed by atoms with E-state index in [-0.39, 0.29) is 53.6 Å². The fourth-order valence-corrected chi connectivity index (χ4v) is 13.0. The highest BCUT2D eigenvalue weighted by molar-refractivity contribution is 5.89. The second kappa shape index (κ2) is 24.9. The number of halogens is 5. The summed E-state index contributed by atoms with van der Waals surface area (Å²) in [5.41, 5.74) is 13.8. The molecule has 4 aromatic carbocycles. The van der Waals surface area contributed by atoms with Gasteiger partial charge in [0.2, 0.25) is 0 Å². The standard InChI is InChI=1S/C25H28F2N6.C22H23FN6.C20H16F2N6/c1-14-7-23(31-33-13-15(2)28-25(14)33)19-10-21(27)20-12-22(29-30-24(20)11-19)18-8-16(3)32(6-5-26)17(4)9-18;1-3-13-9-18(25-21-12-29(2)28-22(13)21)15-8-17(23)16-11-19(26-27-20(16)10-15)14-4-6-24-7-5-14;1-28-26-19-9-13(7-16(22)20(19)27-28)17-10-14-15(21)6-12(8-18(14)25-24-17)11-2-4-23-5-3-11/h7,10-13,16-18H,5-6,8-9H2,1-4H3;8-12,14,24H,3-7H2,1-2H3;2,4,6-11,23H,3,5H2,1H3/t16-,17+,18?;;. The summed E-state index contributed by atoms with van der Waals surface area (Å²) in [4.78, 5) is 12.7. The molecule has 2 fully saturated rings. The lowest BCUT2D eigenvalue weighted by Gasteiger charge is -2.42. The average Bonchev–Trinajstić information content (AvgIpc) is 1.09. The Kier molecular flexibility index (Phi) is 16.5. The van der Waals surface area contributed by atoms with E-state index in [9.17, 15) is 13.2 Å². The molecule has 0 bridgehead atoms. The summed E-state index contributed by atoms with van der Waals surface area (Å²) in [6, 6.07) is 22.9. The first kappa shape index (κ1) is 59.6. The molecule has 460 valence electrons. The van der Waals surface area contributed by atoms with Crippen LogP contribution in [0, 0.1) is 37.1 Å². The van der Waals surface area contributed by atoms with E-state index in [2.05, 4.69) is 92.3 Å². The van der Waals surface area contributed by atoms with Crippen molar-refractivity contribution in [2.75, 3.05) is 32.9 Å². The zero-order chi connectivity index (χ0) is 62.5. The SMILES string of the molecule is CCc1cc(-c2cc(F)c3cc(C4CCNCC4)nnc3c2)nc2cn(C)nc12.Cc1cn2nc(-c3cc(F)c4cc(C5C[C@@H](C)N(CCF)[C@@H](C)C5)nnc4c3)cc(C)c2n1.Cn1nc2cc(-c3cc4c(F)cc(C5C=CNCC5)cc4nn3)cc(F)c2n1. The Labute approximate surface area is 515 Å². The third-order valence-corrected chi connectivity index (χ3v) is 17.6. The molecule has 0 saturated carbocycles. The Hall–Kier alpha value is -9.35. The van der Waals surface area contributed by atoms with Crippen LogP contribution in [0.25, 0.3) is 94.2 Å². The highest BCUT2D eigenvalue weighted by Gasteiger charge is 2.33. The fourth-order valence-electron chi connectivity index (χ4n) is 13.0. The van der Waals surface area contributed by atoms with E-state index in [0.717, 1.165) is 114 Å². The molecule has 0 aliphatic carbocycles. The molecule has 4 atom stereocenters. The van der Waals surface area contributed by atoms with E-state index >= 15 is 8.78 Å². The number of hydrogen-bond donors (Lipinski definition) is 2. The second-order valence-corrected chi connectivity index (χ2v) is 23.9. The molecule has 2 unspecified atom stereocenters. The van der Waals surface area contributed by atoms with Crippen LogP contribution in [-0.4, -0.2) is 125 Å². The van der Waals surface area contributed by atoms with Crippen molar-refractivity contribution in [3.05, 3.63) is 161 Å². The predicted molar refractivity (Wildman–Crippen MR) is 337 cm³/mol. The molecule has 18 nitrogen and oxygen atoms in total. The molecular weight excluding hydrogens is 1150 g/mol. The van der Waals surface area contributed by atoms with Crippen LogP contribution in [-0.2, 0) is 20.5 Å². The zero-order valence-corrected chi connectivity index (χ0v) is 51.0. The van der Waals surface area contributed by atoms with Crippen molar-refractivity contribution in [1.29, 1.82) is 0 Å². The highest BCUT2D eigenvalue weighted by atomic mass is 19.1. The first-order valence-corrected chi connectivity index (χ1v) is 30.6. The van der Waals surface area contributed by atoms with Crippen LogP contribution in [0.3, 0.4) is 0 Å². The zero-order valence-electron chi connectivity index (χ0n) is 51.0. The maximum atomic E-state index is 15.2. The van der Waals surface area contributed by atoms with Gasteiger partial charge in [-0.1, -0.05) is 13.0 Å². The molecule has 3 aliphatic heterocycles. The van der Waals surface area contributed by atoms with Gasteiger partial charge in [0.05, 0.1) is 63.1 Å². The van der Waals surface area contributed by atoms with Crippen LogP contribution in [0.2, 0.25) is 0 Å². The van der Waals surface area contributed by atoms with Gasteiger partial charge in [0.15, 0.2) is 11.5 Å². The average molecular weight is 1220 g/mol. The molecule has 12 aromatic rings. The lowest BCUT2D eigenvalue weighted by atomic mass is 9.84. The van der Waals surface area contributed by atoms with Crippen LogP contribution in [0.1, 0.15) is 104 Å². The van der Waals surface area contributed by atoms with E-state index in [1.807, 2.05) is 88.0 Å². The molecule has 23 heteroatoms. The number of imidazole rings is 1. The minimum Gasteiger partial charge on any atom is -0.391 e. The maximum Gasteiger partial charge on any atom is 0.156 e. The van der Waals surface area contributed by atoms with Gasteiger partial charge in [-0.25, -0.2) is 36.4 Å². The van der Waals surface area contributed by atoms with E-state index in [4.69, 9.17) is 4.98 Å².